The molecule has 0 fully saturated rings. The average molecular weight is 721 g/mol. The lowest BCUT2D eigenvalue weighted by molar-refractivity contribution is -0.143. The number of methoxy groups -OCH3 is 1. The van der Waals surface area contributed by atoms with E-state index < -0.39 is 18.0 Å². The topological polar surface area (TPSA) is 124 Å². The fourth-order valence-electron chi connectivity index (χ4n) is 5.33. The molecule has 0 unspecified atom stereocenters. The predicted octanol–water partition coefficient (Wildman–Crippen LogP) is 5.38. The number of allylic oxidation sites excluding steroid dienone is 1. The molecule has 0 aliphatic carbocycles. The van der Waals surface area contributed by atoms with Crippen LogP contribution in [-0.4, -0.2) is 50.0 Å². The molecule has 11 nitrogen and oxygen atoms in total. The molecule has 4 aromatic rings. The van der Waals surface area contributed by atoms with Gasteiger partial charge in [-0.15, -0.1) is 0 Å². The van der Waals surface area contributed by atoms with Crippen molar-refractivity contribution < 1.29 is 38.0 Å². The van der Waals surface area contributed by atoms with Gasteiger partial charge in [0.1, 0.15) is 6.61 Å². The quantitative estimate of drug-likeness (QED) is 0.158. The number of rotatable bonds is 14. The van der Waals surface area contributed by atoms with Gasteiger partial charge in [-0.05, 0) is 86.9 Å². The smallest absolute Gasteiger partial charge is 0.343 e. The highest BCUT2D eigenvalue weighted by Gasteiger charge is 2.34. The van der Waals surface area contributed by atoms with Gasteiger partial charge in [-0.2, -0.15) is 0 Å². The Labute approximate surface area is 297 Å². The van der Waals surface area contributed by atoms with Crippen molar-refractivity contribution in [1.29, 1.82) is 0 Å². The molecule has 50 heavy (non-hydrogen) atoms. The lowest BCUT2D eigenvalue weighted by atomic mass is 9.95. The normalized spacial score (nSPS) is 14.0. The van der Waals surface area contributed by atoms with Crippen LogP contribution >= 0.6 is 22.9 Å². The molecule has 0 radical (unpaired) electrons. The fraction of sp³-hybridized carbons (Fsp3) is 0.297. The van der Waals surface area contributed by atoms with Crippen LogP contribution in [0.2, 0.25) is 5.02 Å². The molecule has 0 saturated heterocycles. The van der Waals surface area contributed by atoms with E-state index in [1.165, 1.54) is 23.0 Å². The van der Waals surface area contributed by atoms with E-state index >= 15 is 0 Å². The van der Waals surface area contributed by atoms with E-state index in [-0.39, 0.29) is 24.3 Å². The maximum absolute atomic E-state index is 14.2. The summed E-state index contributed by atoms with van der Waals surface area (Å²) in [5, 5.41) is 0.621. The van der Waals surface area contributed by atoms with Gasteiger partial charge in [0.2, 0.25) is 0 Å². The van der Waals surface area contributed by atoms with Crippen molar-refractivity contribution in [1.82, 2.24) is 4.57 Å². The molecule has 1 aliphatic rings. The van der Waals surface area contributed by atoms with E-state index in [0.29, 0.717) is 74.0 Å². The van der Waals surface area contributed by atoms with Crippen LogP contribution in [0.15, 0.2) is 81.7 Å². The number of carbonyl (C=O) groups is 2. The Hall–Kier alpha value is -5.07. The Balaban J connectivity index is 1.57. The van der Waals surface area contributed by atoms with Crippen molar-refractivity contribution in [3.8, 4) is 23.0 Å². The highest BCUT2D eigenvalue weighted by molar-refractivity contribution is 7.07. The zero-order valence-electron chi connectivity index (χ0n) is 28.3. The van der Waals surface area contributed by atoms with Crippen LogP contribution in [0.4, 0.5) is 0 Å². The summed E-state index contributed by atoms with van der Waals surface area (Å²) < 4.78 is 35.4. The highest BCUT2D eigenvalue weighted by atomic mass is 35.5. The summed E-state index contributed by atoms with van der Waals surface area (Å²) in [5.41, 5.74) is 2.47. The summed E-state index contributed by atoms with van der Waals surface area (Å²) in [4.78, 5) is 44.4. The van der Waals surface area contributed by atoms with Gasteiger partial charge >= 0.3 is 11.9 Å². The number of ether oxygens (including phenoxy) is 6. The van der Waals surface area contributed by atoms with Crippen LogP contribution in [0.25, 0.3) is 6.08 Å². The van der Waals surface area contributed by atoms with Crippen molar-refractivity contribution in [2.24, 2.45) is 4.99 Å². The summed E-state index contributed by atoms with van der Waals surface area (Å²) in [5.74, 6) is 0.551. The van der Waals surface area contributed by atoms with Crippen molar-refractivity contribution in [3.63, 3.8) is 0 Å². The minimum absolute atomic E-state index is 0.137. The number of hydrogen-bond acceptors (Lipinski definition) is 11. The lowest BCUT2D eigenvalue weighted by Crippen LogP contribution is -2.40. The summed E-state index contributed by atoms with van der Waals surface area (Å²) in [6, 6.07) is 17.0. The fourth-order valence-corrected chi connectivity index (χ4v) is 6.59. The third-order valence-corrected chi connectivity index (χ3v) is 8.74. The molecule has 0 saturated carbocycles. The minimum Gasteiger partial charge on any atom is -0.490 e. The number of esters is 2. The second kappa shape index (κ2) is 16.6. The van der Waals surface area contributed by atoms with Gasteiger partial charge in [0.05, 0.1) is 48.8 Å². The first-order valence-electron chi connectivity index (χ1n) is 16.0. The van der Waals surface area contributed by atoms with E-state index in [1.807, 2.05) is 44.2 Å². The number of halogens is 1. The summed E-state index contributed by atoms with van der Waals surface area (Å²) in [6.07, 6.45) is 1.75. The van der Waals surface area contributed by atoms with Gasteiger partial charge in [0.25, 0.3) is 5.56 Å². The van der Waals surface area contributed by atoms with E-state index in [0.717, 1.165) is 5.56 Å². The van der Waals surface area contributed by atoms with E-state index in [2.05, 4.69) is 9.73 Å². The molecule has 0 N–H and O–H groups in total. The van der Waals surface area contributed by atoms with Crippen molar-refractivity contribution in [2.45, 2.75) is 40.3 Å². The molecule has 1 atom stereocenters. The van der Waals surface area contributed by atoms with Crippen LogP contribution in [0, 0.1) is 0 Å². The summed E-state index contributed by atoms with van der Waals surface area (Å²) in [7, 11) is 1.27. The number of aromatic nitrogens is 1. The Morgan fingerprint density at radius 2 is 1.62 bits per heavy atom. The number of thiazole rings is 1. The van der Waals surface area contributed by atoms with Crippen molar-refractivity contribution in [2.75, 3.05) is 33.5 Å². The molecule has 5 rings (SSSR count). The lowest BCUT2D eigenvalue weighted by Gasteiger charge is -2.25. The van der Waals surface area contributed by atoms with Gasteiger partial charge in [0, 0.05) is 5.02 Å². The molecule has 13 heteroatoms. The number of nitrogens with zero attached hydrogens (tertiary/aromatic N) is 2. The molecule has 3 aromatic carbocycles. The van der Waals surface area contributed by atoms with Gasteiger partial charge < -0.3 is 28.4 Å². The van der Waals surface area contributed by atoms with Crippen LogP contribution in [-0.2, 0) is 25.7 Å². The number of fused-ring (bicyclic) bond motifs is 1. The predicted molar refractivity (Wildman–Crippen MR) is 189 cm³/mol. The standard InChI is InChI=1S/C37H37ClN2O9S/c1-6-45-29-17-23(12-14-27(29)48-20-24-10-9-11-26(38)16-24)18-31-35(42)40-34(33(36(43)47-8-3)22(4)39-37(40)50-31)25-13-15-28(30(19-25)46-7-2)49-21-32(41)44-5/h9-19,34H,6-8,20-21H2,1-5H3/b31-18+/t34-/m0/s1. The van der Waals surface area contributed by atoms with Gasteiger partial charge in [-0.1, -0.05) is 47.2 Å². The van der Waals surface area contributed by atoms with E-state index in [4.69, 9.17) is 35.3 Å². The Kier molecular flexibility index (Phi) is 12.0. The molecule has 0 spiro atoms. The molecule has 0 amide bonds. The zero-order valence-corrected chi connectivity index (χ0v) is 29.9. The molecule has 2 heterocycles. The number of benzene rings is 3. The Bertz CT molecular complexity index is 2100. The highest BCUT2D eigenvalue weighted by Crippen LogP contribution is 2.36. The van der Waals surface area contributed by atoms with Gasteiger partial charge in [0.15, 0.2) is 34.4 Å². The maximum atomic E-state index is 14.2. The first-order valence-corrected chi connectivity index (χ1v) is 17.2. The summed E-state index contributed by atoms with van der Waals surface area (Å²) in [6.45, 7) is 7.93. The summed E-state index contributed by atoms with van der Waals surface area (Å²) >= 11 is 7.33. The number of carbonyl (C=O) groups excluding carboxylic acids is 2. The molecule has 1 aliphatic heterocycles. The largest absolute Gasteiger partial charge is 0.490 e. The van der Waals surface area contributed by atoms with Crippen LogP contribution in [0.5, 0.6) is 23.0 Å². The monoisotopic (exact) mass is 720 g/mol. The third-order valence-electron chi connectivity index (χ3n) is 7.52. The van der Waals surface area contributed by atoms with Crippen molar-refractivity contribution in [3.05, 3.63) is 113 Å². The third kappa shape index (κ3) is 8.20. The first-order chi connectivity index (χ1) is 24.2. The van der Waals surface area contributed by atoms with Gasteiger partial charge in [-0.3, -0.25) is 9.36 Å². The Morgan fingerprint density at radius 1 is 0.900 bits per heavy atom. The van der Waals surface area contributed by atoms with Gasteiger partial charge in [-0.25, -0.2) is 14.6 Å². The SMILES string of the molecule is CCOC(=O)C1=C(C)N=c2s/c(=C/c3ccc(OCc4cccc(Cl)c4)c(OCC)c3)c(=O)n2[C@H]1c1ccc(OCC(=O)OC)c(OCC)c1. The second-order valence-corrected chi connectivity index (χ2v) is 12.3. The average Bonchev–Trinajstić information content (AvgIpc) is 3.40. The Morgan fingerprint density at radius 3 is 2.32 bits per heavy atom. The molecule has 1 aromatic heterocycles. The maximum Gasteiger partial charge on any atom is 0.343 e. The first kappa shape index (κ1) is 36.2. The molecule has 262 valence electrons. The minimum atomic E-state index is -0.887. The van der Waals surface area contributed by atoms with E-state index in [1.54, 1.807) is 50.3 Å². The van der Waals surface area contributed by atoms with Crippen LogP contribution in [0.3, 0.4) is 0 Å². The zero-order chi connectivity index (χ0) is 35.8. The van der Waals surface area contributed by atoms with Crippen LogP contribution < -0.4 is 33.8 Å². The van der Waals surface area contributed by atoms with Crippen molar-refractivity contribution >= 4 is 41.0 Å². The number of hydrogen-bond donors (Lipinski definition) is 0. The molecule has 0 bridgehead atoms. The van der Waals surface area contributed by atoms with E-state index in [9.17, 15) is 14.4 Å². The second-order valence-electron chi connectivity index (χ2n) is 10.9. The molecular weight excluding hydrogens is 684 g/mol. The molecular formula is C37H37ClN2O9S. The van der Waals surface area contributed by atoms with Crippen LogP contribution in [0.1, 0.15) is 50.4 Å².